The van der Waals surface area contributed by atoms with Crippen molar-refractivity contribution < 1.29 is 9.90 Å². The lowest BCUT2D eigenvalue weighted by Gasteiger charge is -2.00. The Balaban J connectivity index is 2.02. The number of hydrogen-bond acceptors (Lipinski definition) is 2. The molecule has 23 heavy (non-hydrogen) atoms. The van der Waals surface area contributed by atoms with Gasteiger partial charge in [-0.05, 0) is 18.6 Å². The van der Waals surface area contributed by atoms with Gasteiger partial charge in [0.05, 0.1) is 11.4 Å². The topological polar surface area (TPSA) is 55.1 Å². The number of para-hydroxylation sites is 1. The van der Waals surface area contributed by atoms with Crippen molar-refractivity contribution >= 4 is 5.97 Å². The fraction of sp³-hybridized carbons (Fsp3) is 0.0526. The van der Waals surface area contributed by atoms with E-state index in [1.165, 1.54) is 0 Å². The van der Waals surface area contributed by atoms with E-state index in [4.69, 9.17) is 5.11 Å². The first kappa shape index (κ1) is 14.8. The molecular weight excluding hydrogens is 288 g/mol. The lowest BCUT2D eigenvalue weighted by Crippen LogP contribution is -1.93. The zero-order valence-electron chi connectivity index (χ0n) is 12.5. The fourth-order valence-corrected chi connectivity index (χ4v) is 2.40. The van der Waals surface area contributed by atoms with E-state index in [0.29, 0.717) is 6.42 Å². The van der Waals surface area contributed by atoms with E-state index in [1.807, 2.05) is 71.5 Å². The molecule has 2 aromatic carbocycles. The molecule has 0 spiro atoms. The number of carbonyl (C=O) groups is 1. The molecular formula is C19H16N2O2. The van der Waals surface area contributed by atoms with Gasteiger partial charge in [0.15, 0.2) is 0 Å². The maximum Gasteiger partial charge on any atom is 0.327 e. The van der Waals surface area contributed by atoms with Gasteiger partial charge in [-0.2, -0.15) is 5.10 Å². The Labute approximate surface area is 134 Å². The normalized spacial score (nSPS) is 11.0. The lowest BCUT2D eigenvalue weighted by molar-refractivity contribution is -0.131. The number of carboxylic acids is 1. The molecule has 1 aromatic heterocycles. The highest BCUT2D eigenvalue weighted by Crippen LogP contribution is 2.24. The quantitative estimate of drug-likeness (QED) is 0.731. The van der Waals surface area contributed by atoms with E-state index < -0.39 is 5.97 Å². The van der Waals surface area contributed by atoms with Gasteiger partial charge in [-0.25, -0.2) is 9.48 Å². The van der Waals surface area contributed by atoms with Crippen molar-refractivity contribution in [2.45, 2.75) is 6.42 Å². The second-order valence-electron chi connectivity index (χ2n) is 5.09. The summed E-state index contributed by atoms with van der Waals surface area (Å²) in [6, 6.07) is 19.7. The van der Waals surface area contributed by atoms with Crippen molar-refractivity contribution in [2.75, 3.05) is 0 Å². The van der Waals surface area contributed by atoms with Crippen LogP contribution in [0.25, 0.3) is 16.9 Å². The molecule has 0 saturated heterocycles. The Bertz CT molecular complexity index is 821. The van der Waals surface area contributed by atoms with Crippen molar-refractivity contribution in [3.63, 3.8) is 0 Å². The maximum atomic E-state index is 10.7. The van der Waals surface area contributed by atoms with E-state index >= 15 is 0 Å². The van der Waals surface area contributed by atoms with Crippen molar-refractivity contribution in [3.8, 4) is 16.9 Å². The zero-order chi connectivity index (χ0) is 16.1. The maximum absolute atomic E-state index is 10.7. The fourth-order valence-electron chi connectivity index (χ4n) is 2.40. The summed E-state index contributed by atoms with van der Waals surface area (Å²) in [6.45, 7) is 0. The number of aliphatic carboxylic acids is 1. The van der Waals surface area contributed by atoms with Gasteiger partial charge in [0, 0.05) is 23.4 Å². The highest BCUT2D eigenvalue weighted by atomic mass is 16.4. The second kappa shape index (κ2) is 6.75. The van der Waals surface area contributed by atoms with Gasteiger partial charge in [-0.15, -0.1) is 0 Å². The first-order chi connectivity index (χ1) is 11.2. The van der Waals surface area contributed by atoms with Crippen LogP contribution in [0.2, 0.25) is 0 Å². The van der Waals surface area contributed by atoms with Crippen LogP contribution in [0, 0.1) is 0 Å². The van der Waals surface area contributed by atoms with Gasteiger partial charge < -0.3 is 5.11 Å². The molecule has 0 amide bonds. The van der Waals surface area contributed by atoms with E-state index in [1.54, 1.807) is 6.08 Å². The summed E-state index contributed by atoms with van der Waals surface area (Å²) in [6.07, 6.45) is 5.27. The summed E-state index contributed by atoms with van der Waals surface area (Å²) in [7, 11) is 0. The summed E-state index contributed by atoms with van der Waals surface area (Å²) in [5.74, 6) is -0.943. The summed E-state index contributed by atoms with van der Waals surface area (Å²) in [5, 5.41) is 13.4. The van der Waals surface area contributed by atoms with Crippen LogP contribution in [-0.4, -0.2) is 20.9 Å². The molecule has 0 saturated carbocycles. The Kier molecular flexibility index (Phi) is 4.34. The molecule has 0 aliphatic rings. The predicted molar refractivity (Wildman–Crippen MR) is 89.5 cm³/mol. The lowest BCUT2D eigenvalue weighted by atomic mass is 10.1. The molecule has 4 heteroatoms. The first-order valence-electron chi connectivity index (χ1n) is 7.33. The van der Waals surface area contributed by atoms with Crippen LogP contribution in [-0.2, 0) is 11.2 Å². The van der Waals surface area contributed by atoms with Crippen LogP contribution >= 0.6 is 0 Å². The number of allylic oxidation sites excluding steroid dienone is 1. The summed E-state index contributed by atoms with van der Waals surface area (Å²) >= 11 is 0. The van der Waals surface area contributed by atoms with E-state index in [2.05, 4.69) is 5.10 Å². The van der Waals surface area contributed by atoms with Crippen molar-refractivity contribution in [2.24, 2.45) is 0 Å². The molecule has 1 N–H and O–H groups in total. The SMILES string of the molecule is O=C(O)C=CCc1cn(-c2ccccc2)nc1-c1ccccc1. The Hall–Kier alpha value is -3.14. The standard InChI is InChI=1S/C19H16N2O2/c22-18(23)13-7-10-16-14-21(17-11-5-2-6-12-17)20-19(16)15-8-3-1-4-9-15/h1-9,11-14H,10H2,(H,22,23). The molecule has 0 radical (unpaired) electrons. The second-order valence-corrected chi connectivity index (χ2v) is 5.09. The Morgan fingerprint density at radius 3 is 2.35 bits per heavy atom. The third-order valence-corrected chi connectivity index (χ3v) is 3.46. The highest BCUT2D eigenvalue weighted by Gasteiger charge is 2.11. The average Bonchev–Trinajstić information content (AvgIpc) is 3.00. The molecule has 0 atom stereocenters. The van der Waals surface area contributed by atoms with E-state index in [9.17, 15) is 4.79 Å². The average molecular weight is 304 g/mol. The van der Waals surface area contributed by atoms with E-state index in [-0.39, 0.29) is 0 Å². The Morgan fingerprint density at radius 1 is 1.04 bits per heavy atom. The zero-order valence-corrected chi connectivity index (χ0v) is 12.5. The number of nitrogens with zero attached hydrogens (tertiary/aromatic N) is 2. The van der Waals surface area contributed by atoms with Crippen LogP contribution < -0.4 is 0 Å². The third kappa shape index (κ3) is 3.55. The molecule has 0 bridgehead atoms. The van der Waals surface area contributed by atoms with Crippen molar-refractivity contribution in [1.82, 2.24) is 9.78 Å². The monoisotopic (exact) mass is 304 g/mol. The van der Waals surface area contributed by atoms with Gasteiger partial charge in [0.25, 0.3) is 0 Å². The minimum atomic E-state index is -0.943. The molecule has 0 aliphatic carbocycles. The van der Waals surface area contributed by atoms with Gasteiger partial charge in [-0.3, -0.25) is 0 Å². The number of rotatable bonds is 5. The smallest absolute Gasteiger partial charge is 0.327 e. The number of carboxylic acid groups (broad SMARTS) is 1. The molecule has 4 nitrogen and oxygen atoms in total. The van der Waals surface area contributed by atoms with Crippen LogP contribution in [0.15, 0.2) is 79.0 Å². The minimum Gasteiger partial charge on any atom is -0.478 e. The van der Waals surface area contributed by atoms with Crippen LogP contribution in [0.5, 0.6) is 0 Å². The van der Waals surface area contributed by atoms with Gasteiger partial charge in [0.2, 0.25) is 0 Å². The highest BCUT2D eigenvalue weighted by molar-refractivity contribution is 5.79. The number of hydrogen-bond donors (Lipinski definition) is 1. The van der Waals surface area contributed by atoms with Crippen molar-refractivity contribution in [3.05, 3.63) is 84.6 Å². The molecule has 3 rings (SSSR count). The summed E-state index contributed by atoms with van der Waals surface area (Å²) in [4.78, 5) is 10.7. The largest absolute Gasteiger partial charge is 0.478 e. The molecule has 0 fully saturated rings. The minimum absolute atomic E-state index is 0.517. The molecule has 114 valence electrons. The van der Waals surface area contributed by atoms with Gasteiger partial charge in [0.1, 0.15) is 0 Å². The van der Waals surface area contributed by atoms with Crippen LogP contribution in [0.3, 0.4) is 0 Å². The first-order valence-corrected chi connectivity index (χ1v) is 7.33. The van der Waals surface area contributed by atoms with Crippen LogP contribution in [0.1, 0.15) is 5.56 Å². The number of aromatic nitrogens is 2. The van der Waals surface area contributed by atoms with Gasteiger partial charge >= 0.3 is 5.97 Å². The molecule has 0 unspecified atom stereocenters. The van der Waals surface area contributed by atoms with Crippen LogP contribution in [0.4, 0.5) is 0 Å². The van der Waals surface area contributed by atoms with E-state index in [0.717, 1.165) is 28.6 Å². The third-order valence-electron chi connectivity index (χ3n) is 3.46. The van der Waals surface area contributed by atoms with Crippen molar-refractivity contribution in [1.29, 1.82) is 0 Å². The molecule has 3 aromatic rings. The summed E-state index contributed by atoms with van der Waals surface area (Å²) in [5.41, 5.74) is 3.83. The van der Waals surface area contributed by atoms with Gasteiger partial charge in [-0.1, -0.05) is 54.6 Å². The Morgan fingerprint density at radius 2 is 1.70 bits per heavy atom. The number of benzene rings is 2. The molecule has 1 heterocycles. The summed E-state index contributed by atoms with van der Waals surface area (Å²) < 4.78 is 1.83. The molecule has 0 aliphatic heterocycles. The predicted octanol–water partition coefficient (Wildman–Crippen LogP) is 3.72.